The Kier molecular flexibility index (Phi) is 3.67. The minimum atomic E-state index is -0.189. The zero-order valence-electron chi connectivity index (χ0n) is 11.4. The Morgan fingerprint density at radius 2 is 1.89 bits per heavy atom. The Balaban J connectivity index is 1.59. The maximum atomic E-state index is 12.2. The first-order valence-corrected chi connectivity index (χ1v) is 7.33. The monoisotopic (exact) mass is 258 g/mol. The molecule has 0 radical (unpaired) electrons. The van der Waals surface area contributed by atoms with Gasteiger partial charge in [0.25, 0.3) is 0 Å². The molecule has 2 fully saturated rings. The fourth-order valence-electron chi connectivity index (χ4n) is 3.30. The highest BCUT2D eigenvalue weighted by molar-refractivity contribution is 5.89. The van der Waals surface area contributed by atoms with Crippen LogP contribution in [0.4, 0.5) is 0 Å². The van der Waals surface area contributed by atoms with Crippen LogP contribution in [-0.4, -0.2) is 35.9 Å². The van der Waals surface area contributed by atoms with Crippen LogP contribution < -0.4 is 5.32 Å². The molecule has 0 unspecified atom stereocenters. The van der Waals surface area contributed by atoms with Gasteiger partial charge < -0.3 is 5.32 Å². The lowest BCUT2D eigenvalue weighted by Crippen LogP contribution is -2.60. The number of nitrogens with one attached hydrogen (secondary N) is 1. The van der Waals surface area contributed by atoms with E-state index >= 15 is 0 Å². The van der Waals surface area contributed by atoms with Crippen molar-refractivity contribution in [3.63, 3.8) is 0 Å². The number of likely N-dealkylation sites (tertiary alicyclic amines) is 1. The summed E-state index contributed by atoms with van der Waals surface area (Å²) in [7, 11) is 0. The highest BCUT2D eigenvalue weighted by atomic mass is 16.1. The normalized spacial score (nSPS) is 23.7. The maximum absolute atomic E-state index is 12.2. The summed E-state index contributed by atoms with van der Waals surface area (Å²) in [5.74, 6) is 0.443. The van der Waals surface area contributed by atoms with Gasteiger partial charge in [0, 0.05) is 26.1 Å². The number of nitrogens with zero attached hydrogens (tertiary/aromatic N) is 1. The number of Topliss-reactive ketones (excluding diaryl/α,β-unsaturated/α-hetero) is 1. The molecule has 0 bridgehead atoms. The highest BCUT2D eigenvalue weighted by Crippen LogP contribution is 2.28. The van der Waals surface area contributed by atoms with Crippen molar-refractivity contribution in [2.45, 2.75) is 37.8 Å². The minimum absolute atomic E-state index is 0.189. The van der Waals surface area contributed by atoms with Crippen LogP contribution in [0, 0.1) is 0 Å². The SMILES string of the molecule is O=C1CCCNC12CCN(Cc1ccccc1)CC2. The fourth-order valence-corrected chi connectivity index (χ4v) is 3.30. The second-order valence-electron chi connectivity index (χ2n) is 5.80. The zero-order chi connectivity index (χ0) is 13.1. The van der Waals surface area contributed by atoms with E-state index in [4.69, 9.17) is 0 Å². The summed E-state index contributed by atoms with van der Waals surface area (Å²) in [6.45, 7) is 4.05. The van der Waals surface area contributed by atoms with Crippen LogP contribution in [0.15, 0.2) is 30.3 Å². The van der Waals surface area contributed by atoms with Gasteiger partial charge in [-0.25, -0.2) is 0 Å². The molecule has 102 valence electrons. The van der Waals surface area contributed by atoms with Gasteiger partial charge in [-0.3, -0.25) is 9.69 Å². The van der Waals surface area contributed by atoms with Crippen LogP contribution in [0.3, 0.4) is 0 Å². The molecular formula is C16H22N2O. The van der Waals surface area contributed by atoms with Gasteiger partial charge in [-0.15, -0.1) is 0 Å². The van der Waals surface area contributed by atoms with E-state index in [0.29, 0.717) is 5.78 Å². The molecule has 1 aromatic rings. The highest BCUT2D eigenvalue weighted by Gasteiger charge is 2.41. The summed E-state index contributed by atoms with van der Waals surface area (Å²) in [6.07, 6.45) is 3.72. The predicted molar refractivity (Wildman–Crippen MR) is 75.9 cm³/mol. The lowest BCUT2D eigenvalue weighted by atomic mass is 9.79. The summed E-state index contributed by atoms with van der Waals surface area (Å²) in [5, 5.41) is 3.49. The Hall–Kier alpha value is -1.19. The minimum Gasteiger partial charge on any atom is -0.305 e. The van der Waals surface area contributed by atoms with Crippen molar-refractivity contribution in [2.75, 3.05) is 19.6 Å². The second-order valence-corrected chi connectivity index (χ2v) is 5.80. The van der Waals surface area contributed by atoms with Gasteiger partial charge in [0.1, 0.15) is 0 Å². The molecule has 0 aliphatic carbocycles. The average molecular weight is 258 g/mol. The number of carbonyl (C=O) groups is 1. The smallest absolute Gasteiger partial charge is 0.153 e. The van der Waals surface area contributed by atoms with E-state index in [9.17, 15) is 4.79 Å². The summed E-state index contributed by atoms with van der Waals surface area (Å²) in [5.41, 5.74) is 1.17. The summed E-state index contributed by atoms with van der Waals surface area (Å²) < 4.78 is 0. The molecule has 1 N–H and O–H groups in total. The summed E-state index contributed by atoms with van der Waals surface area (Å²) in [6, 6.07) is 10.6. The number of ketones is 1. The van der Waals surface area contributed by atoms with Crippen LogP contribution in [-0.2, 0) is 11.3 Å². The van der Waals surface area contributed by atoms with Crippen LogP contribution in [0.5, 0.6) is 0 Å². The molecule has 3 heteroatoms. The lowest BCUT2D eigenvalue weighted by molar-refractivity contribution is -0.129. The van der Waals surface area contributed by atoms with Crippen LogP contribution in [0.2, 0.25) is 0 Å². The molecule has 2 aliphatic heterocycles. The van der Waals surface area contributed by atoms with Gasteiger partial charge in [0.05, 0.1) is 5.54 Å². The molecule has 2 saturated heterocycles. The molecule has 3 nitrogen and oxygen atoms in total. The zero-order valence-corrected chi connectivity index (χ0v) is 11.4. The maximum Gasteiger partial charge on any atom is 0.153 e. The van der Waals surface area contributed by atoms with Crippen molar-refractivity contribution < 1.29 is 4.79 Å². The van der Waals surface area contributed by atoms with Crippen LogP contribution >= 0.6 is 0 Å². The van der Waals surface area contributed by atoms with E-state index in [1.165, 1.54) is 5.56 Å². The standard InChI is InChI=1S/C16H22N2O/c19-15-7-4-10-17-16(15)8-11-18(12-9-16)13-14-5-2-1-3-6-14/h1-3,5-6,17H,4,7-13H2. The molecule has 0 aromatic heterocycles. The first-order valence-electron chi connectivity index (χ1n) is 7.33. The van der Waals surface area contributed by atoms with Gasteiger partial charge >= 0.3 is 0 Å². The van der Waals surface area contributed by atoms with E-state index in [-0.39, 0.29) is 5.54 Å². The number of hydrogen-bond donors (Lipinski definition) is 1. The molecule has 1 spiro atoms. The Labute approximate surface area is 115 Å². The summed E-state index contributed by atoms with van der Waals surface area (Å²) >= 11 is 0. The van der Waals surface area contributed by atoms with Gasteiger partial charge in [0.15, 0.2) is 5.78 Å². The van der Waals surface area contributed by atoms with E-state index in [1.807, 2.05) is 0 Å². The Morgan fingerprint density at radius 3 is 2.58 bits per heavy atom. The molecule has 1 aromatic carbocycles. The van der Waals surface area contributed by atoms with Crippen molar-refractivity contribution >= 4 is 5.78 Å². The molecule has 3 rings (SSSR count). The number of hydrogen-bond acceptors (Lipinski definition) is 3. The molecule has 19 heavy (non-hydrogen) atoms. The molecule has 2 aliphatic rings. The predicted octanol–water partition coefficient (Wildman–Crippen LogP) is 1.97. The van der Waals surface area contributed by atoms with E-state index in [2.05, 4.69) is 40.5 Å². The third-order valence-corrected chi connectivity index (χ3v) is 4.54. The van der Waals surface area contributed by atoms with Crippen molar-refractivity contribution in [2.24, 2.45) is 0 Å². The number of piperidine rings is 2. The van der Waals surface area contributed by atoms with Gasteiger partial charge in [-0.1, -0.05) is 30.3 Å². The third-order valence-electron chi connectivity index (χ3n) is 4.54. The number of benzene rings is 1. The topological polar surface area (TPSA) is 32.3 Å². The van der Waals surface area contributed by atoms with Crippen molar-refractivity contribution in [3.05, 3.63) is 35.9 Å². The quantitative estimate of drug-likeness (QED) is 0.880. The van der Waals surface area contributed by atoms with E-state index in [1.54, 1.807) is 0 Å². The third kappa shape index (κ3) is 2.72. The molecule has 0 amide bonds. The molecule has 2 heterocycles. The second kappa shape index (κ2) is 5.43. The van der Waals surface area contributed by atoms with E-state index in [0.717, 1.165) is 51.9 Å². The summed E-state index contributed by atoms with van der Waals surface area (Å²) in [4.78, 5) is 14.6. The van der Waals surface area contributed by atoms with Gasteiger partial charge in [0.2, 0.25) is 0 Å². The Morgan fingerprint density at radius 1 is 1.16 bits per heavy atom. The first kappa shape index (κ1) is 12.8. The largest absolute Gasteiger partial charge is 0.305 e. The number of carbonyl (C=O) groups excluding carboxylic acids is 1. The number of rotatable bonds is 2. The van der Waals surface area contributed by atoms with Crippen LogP contribution in [0.1, 0.15) is 31.2 Å². The van der Waals surface area contributed by atoms with Crippen molar-refractivity contribution in [1.82, 2.24) is 10.2 Å². The van der Waals surface area contributed by atoms with E-state index < -0.39 is 0 Å². The molecular weight excluding hydrogens is 236 g/mol. The first-order chi connectivity index (χ1) is 9.28. The average Bonchev–Trinajstić information content (AvgIpc) is 2.46. The molecule has 0 saturated carbocycles. The Bertz CT molecular complexity index is 435. The molecule has 0 atom stereocenters. The van der Waals surface area contributed by atoms with Crippen molar-refractivity contribution in [1.29, 1.82) is 0 Å². The fraction of sp³-hybridized carbons (Fsp3) is 0.562. The van der Waals surface area contributed by atoms with Gasteiger partial charge in [-0.05, 0) is 31.4 Å². The van der Waals surface area contributed by atoms with Crippen molar-refractivity contribution in [3.8, 4) is 0 Å². The lowest BCUT2D eigenvalue weighted by Gasteiger charge is -2.43. The van der Waals surface area contributed by atoms with Gasteiger partial charge in [-0.2, -0.15) is 0 Å². The van der Waals surface area contributed by atoms with Crippen LogP contribution in [0.25, 0.3) is 0 Å².